The van der Waals surface area contributed by atoms with Crippen LogP contribution in [0.5, 0.6) is 0 Å². The highest BCUT2D eigenvalue weighted by Crippen LogP contribution is 2.33. The molecule has 1 unspecified atom stereocenters. The van der Waals surface area contributed by atoms with Crippen molar-refractivity contribution in [3.63, 3.8) is 0 Å². The summed E-state index contributed by atoms with van der Waals surface area (Å²) in [4.78, 5) is 12.5. The summed E-state index contributed by atoms with van der Waals surface area (Å²) in [7, 11) is -3.74. The number of carbonyl (C=O) groups is 1. The summed E-state index contributed by atoms with van der Waals surface area (Å²) in [5, 5.41) is 2.26. The number of hydrogen-bond acceptors (Lipinski definition) is 4. The molecule has 0 spiro atoms. The van der Waals surface area contributed by atoms with Crippen LogP contribution in [0.4, 0.5) is 0 Å². The number of nitrogens with zero attached hydrogens (tertiary/aromatic N) is 2. The molecule has 1 aromatic carbocycles. The van der Waals surface area contributed by atoms with Crippen molar-refractivity contribution in [2.45, 2.75) is 49.8 Å². The van der Waals surface area contributed by atoms with Crippen molar-refractivity contribution in [3.05, 3.63) is 28.2 Å². The van der Waals surface area contributed by atoms with Crippen molar-refractivity contribution in [2.75, 3.05) is 26.2 Å². The quantitative estimate of drug-likeness (QED) is 0.746. The van der Waals surface area contributed by atoms with Gasteiger partial charge in [0.1, 0.15) is 4.90 Å². The van der Waals surface area contributed by atoms with Crippen molar-refractivity contribution in [1.29, 1.82) is 0 Å². The lowest BCUT2D eigenvalue weighted by Crippen LogP contribution is -2.45. The maximum Gasteiger partial charge on any atom is 0.244 e. The van der Waals surface area contributed by atoms with Gasteiger partial charge in [-0.25, -0.2) is 13.4 Å². The van der Waals surface area contributed by atoms with Crippen LogP contribution in [0.1, 0.15) is 44.9 Å². The minimum absolute atomic E-state index is 0.00605. The van der Waals surface area contributed by atoms with Crippen LogP contribution in [-0.4, -0.2) is 49.8 Å². The number of rotatable bonds is 5. The molecular weight excluding hydrogens is 421 g/mol. The van der Waals surface area contributed by atoms with E-state index in [1.807, 2.05) is 5.01 Å². The van der Waals surface area contributed by atoms with E-state index < -0.39 is 10.0 Å². The van der Waals surface area contributed by atoms with Crippen LogP contribution in [0.3, 0.4) is 0 Å². The van der Waals surface area contributed by atoms with Gasteiger partial charge in [-0.2, -0.15) is 4.31 Å². The molecule has 156 valence electrons. The van der Waals surface area contributed by atoms with Crippen molar-refractivity contribution >= 4 is 39.1 Å². The van der Waals surface area contributed by atoms with Gasteiger partial charge in [-0.05, 0) is 43.7 Å². The maximum absolute atomic E-state index is 13.0. The molecular formula is C19H27Cl2N3O3S. The molecule has 0 aromatic heterocycles. The first-order chi connectivity index (χ1) is 13.4. The summed E-state index contributed by atoms with van der Waals surface area (Å²) < 4.78 is 27.5. The fraction of sp³-hybridized carbons (Fsp3) is 0.632. The van der Waals surface area contributed by atoms with E-state index in [4.69, 9.17) is 23.2 Å². The number of carbonyl (C=O) groups excluding carboxylic acids is 1. The summed E-state index contributed by atoms with van der Waals surface area (Å²) in [6, 6.07) is 4.62. The molecule has 1 aromatic rings. The Morgan fingerprint density at radius 1 is 1.07 bits per heavy atom. The average molecular weight is 448 g/mol. The van der Waals surface area contributed by atoms with Crippen molar-refractivity contribution < 1.29 is 13.2 Å². The Kier molecular flexibility index (Phi) is 7.61. The highest BCUT2D eigenvalue weighted by molar-refractivity contribution is 7.89. The van der Waals surface area contributed by atoms with Crippen LogP contribution in [0, 0.1) is 5.92 Å². The van der Waals surface area contributed by atoms with Crippen molar-refractivity contribution in [3.8, 4) is 0 Å². The Labute approximate surface area is 177 Å². The molecule has 1 N–H and O–H groups in total. The number of amides is 1. The van der Waals surface area contributed by atoms with Crippen LogP contribution >= 0.6 is 23.2 Å². The summed E-state index contributed by atoms with van der Waals surface area (Å²) in [6.45, 7) is 2.50. The standard InChI is InChI=1S/C19H27Cl2N3O3S/c20-16-8-5-9-17(19(16)21)28(26,27)24-12-6-7-15(14-24)13-18(25)22-23-10-3-1-2-4-11-23/h5,8-9,15H,1-4,6-7,10-14H2,(H,22,25). The second kappa shape index (κ2) is 9.76. The third-order valence-electron chi connectivity index (χ3n) is 5.38. The number of nitrogens with one attached hydrogen (secondary N) is 1. The molecule has 2 saturated heterocycles. The van der Waals surface area contributed by atoms with Crippen LogP contribution in [-0.2, 0) is 14.8 Å². The summed E-state index contributed by atoms with van der Waals surface area (Å²) >= 11 is 12.1. The first-order valence-corrected chi connectivity index (χ1v) is 12.1. The normalized spacial score (nSPS) is 22.6. The van der Waals surface area contributed by atoms with Gasteiger partial charge in [0.05, 0.1) is 10.0 Å². The molecule has 2 aliphatic heterocycles. The van der Waals surface area contributed by atoms with Crippen LogP contribution < -0.4 is 5.43 Å². The molecule has 6 nitrogen and oxygen atoms in total. The van der Waals surface area contributed by atoms with Crippen molar-refractivity contribution in [2.24, 2.45) is 5.92 Å². The Hall–Kier alpha value is -0.860. The zero-order valence-electron chi connectivity index (χ0n) is 15.9. The Bertz CT molecular complexity index is 796. The number of piperidine rings is 1. The first kappa shape index (κ1) is 21.8. The molecule has 0 radical (unpaired) electrons. The van der Waals surface area contributed by atoms with Crippen LogP contribution in [0.25, 0.3) is 0 Å². The predicted molar refractivity (Wildman–Crippen MR) is 111 cm³/mol. The largest absolute Gasteiger partial charge is 0.289 e. The van der Waals surface area contributed by atoms with Gasteiger partial charge >= 0.3 is 0 Å². The summed E-state index contributed by atoms with van der Waals surface area (Å²) in [5.41, 5.74) is 3.00. The SMILES string of the molecule is O=C(CC1CCCN(S(=O)(=O)c2cccc(Cl)c2Cl)C1)NN1CCCCCC1. The molecule has 1 amide bonds. The molecule has 2 heterocycles. The highest BCUT2D eigenvalue weighted by atomic mass is 35.5. The van der Waals surface area contributed by atoms with E-state index in [-0.39, 0.29) is 26.8 Å². The van der Waals surface area contributed by atoms with E-state index >= 15 is 0 Å². The van der Waals surface area contributed by atoms with E-state index in [2.05, 4.69) is 5.43 Å². The molecule has 2 aliphatic rings. The zero-order chi connectivity index (χ0) is 20.1. The molecule has 0 bridgehead atoms. The van der Waals surface area contributed by atoms with E-state index in [1.54, 1.807) is 12.1 Å². The zero-order valence-corrected chi connectivity index (χ0v) is 18.2. The molecule has 28 heavy (non-hydrogen) atoms. The molecule has 1 atom stereocenters. The minimum Gasteiger partial charge on any atom is -0.289 e. The highest BCUT2D eigenvalue weighted by Gasteiger charge is 2.33. The van der Waals surface area contributed by atoms with Gasteiger partial charge in [0.15, 0.2) is 0 Å². The second-order valence-corrected chi connectivity index (χ2v) is 10.3. The number of sulfonamides is 1. The lowest BCUT2D eigenvalue weighted by atomic mass is 9.96. The third kappa shape index (κ3) is 5.39. The van der Waals surface area contributed by atoms with Gasteiger partial charge in [-0.3, -0.25) is 10.2 Å². The summed E-state index contributed by atoms with van der Waals surface area (Å²) in [6.07, 6.45) is 6.47. The number of hydrazine groups is 1. The van der Waals surface area contributed by atoms with Crippen molar-refractivity contribution in [1.82, 2.24) is 14.7 Å². The van der Waals surface area contributed by atoms with Crippen LogP contribution in [0.2, 0.25) is 10.0 Å². The van der Waals surface area contributed by atoms with Gasteiger partial charge in [0.25, 0.3) is 0 Å². The van der Waals surface area contributed by atoms with Gasteiger partial charge in [-0.15, -0.1) is 0 Å². The average Bonchev–Trinajstić information content (AvgIpc) is 2.92. The van der Waals surface area contributed by atoms with Gasteiger partial charge in [0, 0.05) is 32.6 Å². The van der Waals surface area contributed by atoms with E-state index in [0.29, 0.717) is 19.5 Å². The lowest BCUT2D eigenvalue weighted by Gasteiger charge is -2.32. The summed E-state index contributed by atoms with van der Waals surface area (Å²) in [5.74, 6) is -0.0413. The maximum atomic E-state index is 13.0. The van der Waals surface area contributed by atoms with Gasteiger partial charge < -0.3 is 0 Å². The molecule has 0 saturated carbocycles. The minimum atomic E-state index is -3.74. The Morgan fingerprint density at radius 3 is 2.50 bits per heavy atom. The van der Waals surface area contributed by atoms with Gasteiger partial charge in [0.2, 0.25) is 15.9 Å². The monoisotopic (exact) mass is 447 g/mol. The first-order valence-electron chi connectivity index (χ1n) is 9.86. The number of halogens is 2. The van der Waals surface area contributed by atoms with E-state index in [1.165, 1.54) is 23.2 Å². The van der Waals surface area contributed by atoms with E-state index in [9.17, 15) is 13.2 Å². The smallest absolute Gasteiger partial charge is 0.244 e. The molecule has 9 heteroatoms. The molecule has 3 rings (SSSR count). The number of benzene rings is 1. The molecule has 0 aliphatic carbocycles. The number of hydrogen-bond donors (Lipinski definition) is 1. The Morgan fingerprint density at radius 2 is 1.79 bits per heavy atom. The van der Waals surface area contributed by atoms with Gasteiger partial charge in [-0.1, -0.05) is 42.1 Å². The second-order valence-electron chi connectivity index (χ2n) is 7.56. The third-order valence-corrected chi connectivity index (χ3v) is 8.22. The fourth-order valence-electron chi connectivity index (χ4n) is 3.90. The fourth-order valence-corrected chi connectivity index (χ4v) is 6.19. The topological polar surface area (TPSA) is 69.7 Å². The lowest BCUT2D eigenvalue weighted by molar-refractivity contribution is -0.127. The van der Waals surface area contributed by atoms with Crippen LogP contribution in [0.15, 0.2) is 23.1 Å². The van der Waals surface area contributed by atoms with E-state index in [0.717, 1.165) is 38.8 Å². The Balaban J connectivity index is 1.61. The predicted octanol–water partition coefficient (Wildman–Crippen LogP) is 3.69. The molecule has 2 fully saturated rings.